The second kappa shape index (κ2) is 5.72. The Labute approximate surface area is 111 Å². The maximum atomic E-state index is 12.0. The molecule has 5 heteroatoms. The molecular formula is C14H18F3NO. The van der Waals surface area contributed by atoms with Crippen LogP contribution in [-0.2, 0) is 0 Å². The zero-order valence-corrected chi connectivity index (χ0v) is 10.8. The van der Waals surface area contributed by atoms with Crippen molar-refractivity contribution in [1.82, 2.24) is 0 Å². The fourth-order valence-electron chi connectivity index (χ4n) is 2.68. The second-order valence-electron chi connectivity index (χ2n) is 4.92. The molecule has 1 fully saturated rings. The number of alkyl halides is 3. The Morgan fingerprint density at radius 2 is 1.89 bits per heavy atom. The Morgan fingerprint density at radius 1 is 1.21 bits per heavy atom. The molecule has 2 unspecified atom stereocenters. The smallest absolute Gasteiger partial charge is 0.406 e. The fourth-order valence-corrected chi connectivity index (χ4v) is 2.68. The molecule has 0 heterocycles. The average molecular weight is 273 g/mol. The lowest BCUT2D eigenvalue weighted by atomic mass is 10.0. The summed E-state index contributed by atoms with van der Waals surface area (Å²) in [6.07, 6.45) is 0.0643. The molecule has 1 aromatic carbocycles. The molecule has 1 aliphatic carbocycles. The predicted molar refractivity (Wildman–Crippen MR) is 68.2 cm³/mol. The number of anilines is 1. The molecule has 1 aliphatic rings. The largest absolute Gasteiger partial charge is 0.573 e. The number of rotatable bonds is 4. The van der Waals surface area contributed by atoms with Crippen molar-refractivity contribution < 1.29 is 17.9 Å². The summed E-state index contributed by atoms with van der Waals surface area (Å²) in [5, 5.41) is 3.40. The highest BCUT2D eigenvalue weighted by Crippen LogP contribution is 2.31. The van der Waals surface area contributed by atoms with Gasteiger partial charge in [0.2, 0.25) is 0 Å². The van der Waals surface area contributed by atoms with Crippen molar-refractivity contribution in [2.45, 2.75) is 45.0 Å². The van der Waals surface area contributed by atoms with E-state index >= 15 is 0 Å². The van der Waals surface area contributed by atoms with Crippen LogP contribution in [0.5, 0.6) is 5.75 Å². The van der Waals surface area contributed by atoms with Crippen molar-refractivity contribution in [1.29, 1.82) is 0 Å². The predicted octanol–water partition coefficient (Wildman–Crippen LogP) is 4.58. The van der Waals surface area contributed by atoms with E-state index in [9.17, 15) is 13.2 Å². The first-order valence-corrected chi connectivity index (χ1v) is 6.60. The third kappa shape index (κ3) is 4.04. The van der Waals surface area contributed by atoms with Gasteiger partial charge in [-0.25, -0.2) is 0 Å². The van der Waals surface area contributed by atoms with Crippen molar-refractivity contribution in [2.24, 2.45) is 5.92 Å². The summed E-state index contributed by atoms with van der Waals surface area (Å²) in [4.78, 5) is 0. The maximum absolute atomic E-state index is 12.0. The fraction of sp³-hybridized carbons (Fsp3) is 0.571. The lowest BCUT2D eigenvalue weighted by Crippen LogP contribution is -2.23. The molecular weight excluding hydrogens is 255 g/mol. The summed E-state index contributed by atoms with van der Waals surface area (Å²) < 4.78 is 39.9. The highest BCUT2D eigenvalue weighted by molar-refractivity contribution is 5.47. The minimum atomic E-state index is -4.63. The average Bonchev–Trinajstić information content (AvgIpc) is 2.77. The number of hydrogen-bond acceptors (Lipinski definition) is 2. The number of hydrogen-bond donors (Lipinski definition) is 1. The van der Waals surface area contributed by atoms with Gasteiger partial charge in [0, 0.05) is 11.7 Å². The summed E-state index contributed by atoms with van der Waals surface area (Å²) in [6.45, 7) is 2.17. The van der Waals surface area contributed by atoms with Crippen molar-refractivity contribution in [2.75, 3.05) is 5.32 Å². The van der Waals surface area contributed by atoms with Crippen LogP contribution in [0.1, 0.15) is 32.6 Å². The third-order valence-electron chi connectivity index (χ3n) is 3.62. The third-order valence-corrected chi connectivity index (χ3v) is 3.62. The van der Waals surface area contributed by atoms with Gasteiger partial charge in [0.05, 0.1) is 0 Å². The molecule has 0 saturated heterocycles. The number of halogens is 3. The normalized spacial score (nSPS) is 23.4. The van der Waals surface area contributed by atoms with E-state index in [0.717, 1.165) is 18.5 Å². The lowest BCUT2D eigenvalue weighted by Gasteiger charge is -2.21. The van der Waals surface area contributed by atoms with Crippen LogP contribution >= 0.6 is 0 Å². The molecule has 0 aromatic heterocycles. The lowest BCUT2D eigenvalue weighted by molar-refractivity contribution is -0.274. The molecule has 0 aliphatic heterocycles. The summed E-state index contributed by atoms with van der Waals surface area (Å²) in [6, 6.07) is 6.37. The first-order chi connectivity index (χ1) is 8.98. The zero-order valence-electron chi connectivity index (χ0n) is 10.8. The SMILES string of the molecule is CCC1CCCC1Nc1ccc(OC(F)(F)F)cc1. The first kappa shape index (κ1) is 14.0. The van der Waals surface area contributed by atoms with Crippen molar-refractivity contribution in [3.05, 3.63) is 24.3 Å². The maximum Gasteiger partial charge on any atom is 0.573 e. The van der Waals surface area contributed by atoms with E-state index in [1.807, 2.05) is 0 Å². The Hall–Kier alpha value is -1.39. The quantitative estimate of drug-likeness (QED) is 0.867. The van der Waals surface area contributed by atoms with E-state index in [2.05, 4.69) is 17.0 Å². The Balaban J connectivity index is 1.95. The molecule has 2 nitrogen and oxygen atoms in total. The van der Waals surface area contributed by atoms with Gasteiger partial charge in [0.1, 0.15) is 5.75 Å². The second-order valence-corrected chi connectivity index (χ2v) is 4.92. The van der Waals surface area contributed by atoms with Gasteiger partial charge in [0.15, 0.2) is 0 Å². The topological polar surface area (TPSA) is 21.3 Å². The summed E-state index contributed by atoms with van der Waals surface area (Å²) in [7, 11) is 0. The van der Waals surface area contributed by atoms with Crippen molar-refractivity contribution >= 4 is 5.69 Å². The van der Waals surface area contributed by atoms with Gasteiger partial charge < -0.3 is 10.1 Å². The van der Waals surface area contributed by atoms with Gasteiger partial charge in [0.25, 0.3) is 0 Å². The van der Waals surface area contributed by atoms with Crippen LogP contribution in [0.2, 0.25) is 0 Å². The van der Waals surface area contributed by atoms with Gasteiger partial charge in [-0.15, -0.1) is 13.2 Å². The Kier molecular flexibility index (Phi) is 4.22. The van der Waals surface area contributed by atoms with Gasteiger partial charge in [-0.1, -0.05) is 19.8 Å². The molecule has 106 valence electrons. The van der Waals surface area contributed by atoms with Crippen LogP contribution in [0.15, 0.2) is 24.3 Å². The highest BCUT2D eigenvalue weighted by Gasteiger charge is 2.31. The Morgan fingerprint density at radius 3 is 2.47 bits per heavy atom. The number of nitrogens with one attached hydrogen (secondary N) is 1. The summed E-state index contributed by atoms with van der Waals surface area (Å²) >= 11 is 0. The van der Waals surface area contributed by atoms with Gasteiger partial charge in [-0.2, -0.15) is 0 Å². The highest BCUT2D eigenvalue weighted by atomic mass is 19.4. The first-order valence-electron chi connectivity index (χ1n) is 6.60. The van der Waals surface area contributed by atoms with E-state index in [-0.39, 0.29) is 5.75 Å². The van der Waals surface area contributed by atoms with E-state index in [0.29, 0.717) is 12.0 Å². The van der Waals surface area contributed by atoms with Gasteiger partial charge in [-0.05, 0) is 43.0 Å². The standard InChI is InChI=1S/C14H18F3NO/c1-2-10-4-3-5-13(10)18-11-6-8-12(9-7-11)19-14(15,16)17/h6-10,13,18H,2-5H2,1H3. The monoisotopic (exact) mass is 273 g/mol. The van der Waals surface area contributed by atoms with E-state index in [1.165, 1.54) is 25.0 Å². The molecule has 2 rings (SSSR count). The molecule has 0 bridgehead atoms. The Bertz CT molecular complexity index is 402. The van der Waals surface area contributed by atoms with Crippen LogP contribution in [0.3, 0.4) is 0 Å². The molecule has 19 heavy (non-hydrogen) atoms. The molecule has 0 radical (unpaired) electrons. The molecule has 1 N–H and O–H groups in total. The van der Waals surface area contributed by atoms with Crippen molar-refractivity contribution in [3.8, 4) is 5.75 Å². The van der Waals surface area contributed by atoms with Gasteiger partial charge in [-0.3, -0.25) is 0 Å². The summed E-state index contributed by atoms with van der Waals surface area (Å²) in [5.41, 5.74) is 0.847. The minimum Gasteiger partial charge on any atom is -0.406 e. The molecule has 1 aromatic rings. The number of benzene rings is 1. The van der Waals surface area contributed by atoms with E-state index < -0.39 is 6.36 Å². The molecule has 1 saturated carbocycles. The van der Waals surface area contributed by atoms with Crippen LogP contribution in [0, 0.1) is 5.92 Å². The van der Waals surface area contributed by atoms with Crippen molar-refractivity contribution in [3.63, 3.8) is 0 Å². The van der Waals surface area contributed by atoms with Crippen LogP contribution in [0.4, 0.5) is 18.9 Å². The zero-order chi connectivity index (χ0) is 13.9. The van der Waals surface area contributed by atoms with E-state index in [4.69, 9.17) is 0 Å². The molecule has 2 atom stereocenters. The van der Waals surface area contributed by atoms with E-state index in [1.54, 1.807) is 12.1 Å². The molecule has 0 spiro atoms. The molecule has 0 amide bonds. The summed E-state index contributed by atoms with van der Waals surface area (Å²) in [5.74, 6) is 0.475. The van der Waals surface area contributed by atoms with Crippen LogP contribution < -0.4 is 10.1 Å². The van der Waals surface area contributed by atoms with Crippen LogP contribution in [-0.4, -0.2) is 12.4 Å². The van der Waals surface area contributed by atoms with Gasteiger partial charge >= 0.3 is 6.36 Å². The number of ether oxygens (including phenoxy) is 1. The minimum absolute atomic E-state index is 0.184. The van der Waals surface area contributed by atoms with Crippen LogP contribution in [0.25, 0.3) is 0 Å².